The molecule has 0 bridgehead atoms. The molecule has 0 radical (unpaired) electrons. The van der Waals surface area contributed by atoms with Gasteiger partial charge in [-0.05, 0) is 59.0 Å². The highest BCUT2D eigenvalue weighted by molar-refractivity contribution is 5.70. The van der Waals surface area contributed by atoms with E-state index in [-0.39, 0.29) is 11.6 Å². The lowest BCUT2D eigenvalue weighted by atomic mass is 9.96. The fourth-order valence-electron chi connectivity index (χ4n) is 2.80. The molecule has 1 unspecified atom stereocenters. The molecule has 1 heterocycles. The second-order valence-corrected chi connectivity index (χ2v) is 6.61. The number of nitrogens with one attached hydrogen (secondary N) is 2. The molecule has 1 aliphatic carbocycles. The highest BCUT2D eigenvalue weighted by Gasteiger charge is 2.49. The second-order valence-electron chi connectivity index (χ2n) is 6.61. The van der Waals surface area contributed by atoms with Crippen LogP contribution in [0.3, 0.4) is 0 Å². The number of carbonyl (C=O) groups is 1. The first-order valence-electron chi connectivity index (χ1n) is 7.09. The van der Waals surface area contributed by atoms with Crippen molar-refractivity contribution in [3.63, 3.8) is 0 Å². The Kier molecular flexibility index (Phi) is 3.97. The molecule has 1 saturated heterocycles. The van der Waals surface area contributed by atoms with E-state index in [1.165, 1.54) is 19.3 Å². The van der Waals surface area contributed by atoms with E-state index in [0.29, 0.717) is 12.0 Å². The summed E-state index contributed by atoms with van der Waals surface area (Å²) >= 11 is 0. The minimum Gasteiger partial charge on any atom is -0.460 e. The highest BCUT2D eigenvalue weighted by atomic mass is 16.6. The van der Waals surface area contributed by atoms with Crippen molar-refractivity contribution in [3.05, 3.63) is 0 Å². The van der Waals surface area contributed by atoms with Gasteiger partial charge in [0.15, 0.2) is 0 Å². The summed E-state index contributed by atoms with van der Waals surface area (Å²) in [6, 6.07) is 0. The number of hydrogen-bond donors (Lipinski definition) is 2. The van der Waals surface area contributed by atoms with E-state index in [0.717, 1.165) is 25.6 Å². The van der Waals surface area contributed by atoms with Gasteiger partial charge in [0.2, 0.25) is 0 Å². The highest BCUT2D eigenvalue weighted by Crippen LogP contribution is 2.44. The zero-order valence-electron chi connectivity index (χ0n) is 11.8. The Balaban J connectivity index is 1.67. The first-order chi connectivity index (χ1) is 8.41. The van der Waals surface area contributed by atoms with Crippen molar-refractivity contribution in [2.45, 2.75) is 57.6 Å². The maximum Gasteiger partial charge on any atom is 0.307 e. The van der Waals surface area contributed by atoms with Gasteiger partial charge in [0, 0.05) is 12.1 Å². The van der Waals surface area contributed by atoms with Gasteiger partial charge in [-0.15, -0.1) is 0 Å². The lowest BCUT2D eigenvalue weighted by Crippen LogP contribution is -2.41. The summed E-state index contributed by atoms with van der Waals surface area (Å²) < 4.78 is 5.31. The van der Waals surface area contributed by atoms with Crippen LogP contribution in [0.4, 0.5) is 0 Å². The van der Waals surface area contributed by atoms with E-state index < -0.39 is 0 Å². The zero-order chi connectivity index (χ0) is 13.2. The van der Waals surface area contributed by atoms with Crippen molar-refractivity contribution < 1.29 is 9.53 Å². The molecule has 0 amide bonds. The SMILES string of the molecule is CC(C)(C)OC(=O)CCNC1(C2CCNC2)CC1. The summed E-state index contributed by atoms with van der Waals surface area (Å²) in [5.74, 6) is 0.645. The first-order valence-corrected chi connectivity index (χ1v) is 7.09. The first kappa shape index (κ1) is 13.8. The van der Waals surface area contributed by atoms with Crippen LogP contribution in [-0.2, 0) is 9.53 Å². The molecular formula is C14H26N2O2. The average molecular weight is 254 g/mol. The maximum absolute atomic E-state index is 11.6. The molecule has 4 nitrogen and oxygen atoms in total. The quantitative estimate of drug-likeness (QED) is 0.729. The van der Waals surface area contributed by atoms with Crippen molar-refractivity contribution in [1.82, 2.24) is 10.6 Å². The van der Waals surface area contributed by atoms with Crippen LogP contribution in [0, 0.1) is 5.92 Å². The van der Waals surface area contributed by atoms with Gasteiger partial charge in [-0.3, -0.25) is 4.79 Å². The molecule has 2 aliphatic rings. The molecule has 104 valence electrons. The molecule has 0 aromatic carbocycles. The monoisotopic (exact) mass is 254 g/mol. The van der Waals surface area contributed by atoms with E-state index in [1.54, 1.807) is 0 Å². The van der Waals surface area contributed by atoms with Gasteiger partial charge in [0.1, 0.15) is 5.60 Å². The van der Waals surface area contributed by atoms with Crippen LogP contribution < -0.4 is 10.6 Å². The minimum absolute atomic E-state index is 0.102. The summed E-state index contributed by atoms with van der Waals surface area (Å²) in [5.41, 5.74) is -0.0464. The Morgan fingerprint density at radius 3 is 2.67 bits per heavy atom. The number of hydrogen-bond acceptors (Lipinski definition) is 4. The summed E-state index contributed by atoms with van der Waals surface area (Å²) in [7, 11) is 0. The van der Waals surface area contributed by atoms with Crippen molar-refractivity contribution in [2.75, 3.05) is 19.6 Å². The fraction of sp³-hybridized carbons (Fsp3) is 0.929. The Bertz CT molecular complexity index is 299. The minimum atomic E-state index is -0.371. The second kappa shape index (κ2) is 5.17. The Labute approximate surface area is 110 Å². The molecule has 0 spiro atoms. The van der Waals surface area contributed by atoms with E-state index in [4.69, 9.17) is 4.74 Å². The lowest BCUT2D eigenvalue weighted by Gasteiger charge is -2.24. The summed E-state index contributed by atoms with van der Waals surface area (Å²) in [4.78, 5) is 11.6. The number of rotatable bonds is 5. The third kappa shape index (κ3) is 3.69. The van der Waals surface area contributed by atoms with Gasteiger partial charge in [0.25, 0.3) is 0 Å². The molecule has 1 atom stereocenters. The summed E-state index contributed by atoms with van der Waals surface area (Å²) in [6.45, 7) is 8.73. The van der Waals surface area contributed by atoms with E-state index in [9.17, 15) is 4.79 Å². The van der Waals surface area contributed by atoms with E-state index in [1.807, 2.05) is 20.8 Å². The van der Waals surface area contributed by atoms with Crippen molar-refractivity contribution in [1.29, 1.82) is 0 Å². The molecule has 4 heteroatoms. The van der Waals surface area contributed by atoms with Crippen LogP contribution in [0.5, 0.6) is 0 Å². The molecule has 0 aromatic heterocycles. The van der Waals surface area contributed by atoms with Gasteiger partial charge in [-0.2, -0.15) is 0 Å². The van der Waals surface area contributed by atoms with Crippen LogP contribution >= 0.6 is 0 Å². The molecule has 1 saturated carbocycles. The molecule has 2 fully saturated rings. The molecular weight excluding hydrogens is 228 g/mol. The number of carbonyl (C=O) groups excluding carboxylic acids is 1. The van der Waals surface area contributed by atoms with Crippen molar-refractivity contribution in [3.8, 4) is 0 Å². The zero-order valence-corrected chi connectivity index (χ0v) is 11.8. The Morgan fingerprint density at radius 2 is 2.17 bits per heavy atom. The molecule has 0 aromatic rings. The van der Waals surface area contributed by atoms with Crippen molar-refractivity contribution in [2.24, 2.45) is 5.92 Å². The number of ether oxygens (including phenoxy) is 1. The van der Waals surface area contributed by atoms with Crippen LogP contribution in [0.1, 0.15) is 46.5 Å². The third-order valence-electron chi connectivity index (χ3n) is 3.86. The molecule has 1 aliphatic heterocycles. The Morgan fingerprint density at radius 1 is 1.44 bits per heavy atom. The predicted molar refractivity (Wildman–Crippen MR) is 71.4 cm³/mol. The smallest absolute Gasteiger partial charge is 0.307 e. The van der Waals surface area contributed by atoms with Crippen molar-refractivity contribution >= 4 is 5.97 Å². The fourth-order valence-corrected chi connectivity index (χ4v) is 2.80. The van der Waals surface area contributed by atoms with Crippen LogP contribution in [0.25, 0.3) is 0 Å². The summed E-state index contributed by atoms with van der Waals surface area (Å²) in [5, 5.41) is 7.00. The van der Waals surface area contributed by atoms with Gasteiger partial charge < -0.3 is 15.4 Å². The predicted octanol–water partition coefficient (Wildman–Crippen LogP) is 1.45. The van der Waals surface area contributed by atoms with Crippen LogP contribution in [0.15, 0.2) is 0 Å². The summed E-state index contributed by atoms with van der Waals surface area (Å²) in [6.07, 6.45) is 4.25. The molecule has 18 heavy (non-hydrogen) atoms. The average Bonchev–Trinajstić information content (AvgIpc) is 2.82. The standard InChI is InChI=1S/C14H26N2O2/c1-13(2,3)18-12(17)5-9-16-14(6-7-14)11-4-8-15-10-11/h11,15-16H,4-10H2,1-3H3. The van der Waals surface area contributed by atoms with Crippen LogP contribution in [-0.4, -0.2) is 36.7 Å². The van der Waals surface area contributed by atoms with Gasteiger partial charge in [-0.25, -0.2) is 0 Å². The van der Waals surface area contributed by atoms with E-state index in [2.05, 4.69) is 10.6 Å². The third-order valence-corrected chi connectivity index (χ3v) is 3.86. The number of esters is 1. The van der Waals surface area contributed by atoms with Gasteiger partial charge in [-0.1, -0.05) is 0 Å². The van der Waals surface area contributed by atoms with Gasteiger partial charge in [0.05, 0.1) is 6.42 Å². The lowest BCUT2D eigenvalue weighted by molar-refractivity contribution is -0.154. The van der Waals surface area contributed by atoms with Crippen LogP contribution in [0.2, 0.25) is 0 Å². The van der Waals surface area contributed by atoms with Gasteiger partial charge >= 0.3 is 5.97 Å². The normalized spacial score (nSPS) is 26.1. The van der Waals surface area contributed by atoms with E-state index >= 15 is 0 Å². The molecule has 2 rings (SSSR count). The maximum atomic E-state index is 11.6. The topological polar surface area (TPSA) is 50.4 Å². The largest absolute Gasteiger partial charge is 0.460 e. The Hall–Kier alpha value is -0.610. The molecule has 2 N–H and O–H groups in total.